The third kappa shape index (κ3) is 5.83. The van der Waals surface area contributed by atoms with Gasteiger partial charge < -0.3 is 16.2 Å². The van der Waals surface area contributed by atoms with E-state index in [9.17, 15) is 9.90 Å². The van der Waals surface area contributed by atoms with Crippen LogP contribution >= 0.6 is 0 Å². The average Bonchev–Trinajstić information content (AvgIpc) is 2.47. The number of hydrogen-bond donors (Lipinski definition) is 3. The second-order valence-corrected chi connectivity index (χ2v) is 5.94. The predicted octanol–water partition coefficient (Wildman–Crippen LogP) is 1.57. The summed E-state index contributed by atoms with van der Waals surface area (Å²) in [4.78, 5) is 13.9. The lowest BCUT2D eigenvalue weighted by molar-refractivity contribution is -0.116. The van der Waals surface area contributed by atoms with Crippen LogP contribution in [-0.4, -0.2) is 41.7 Å². The third-order valence-corrected chi connectivity index (χ3v) is 3.79. The van der Waals surface area contributed by atoms with E-state index in [1.807, 2.05) is 45.2 Å². The Bertz CT molecular complexity index is 443. The highest BCUT2D eigenvalue weighted by molar-refractivity contribution is 5.90. The molecule has 0 aromatic heterocycles. The third-order valence-electron chi connectivity index (χ3n) is 3.79. The molecule has 0 fully saturated rings. The first kappa shape index (κ1) is 17.6. The Kier molecular flexibility index (Phi) is 6.81. The number of carbonyl (C=O) groups excluding carboxylic acids is 1. The van der Waals surface area contributed by atoms with Crippen LogP contribution < -0.4 is 11.1 Å². The molecule has 1 aromatic rings. The summed E-state index contributed by atoms with van der Waals surface area (Å²) in [6, 6.07) is 7.54. The standard InChI is InChI=1S/C16H27N3O2/c1-16(2,12-20)19(3)10-4-5-15(21)18-14-8-6-13(11-17)7-9-14/h6-9,20H,4-5,10-12,17H2,1-3H3,(H,18,21). The number of likely N-dealkylation sites (N-methyl/N-ethyl adjacent to an activating group) is 1. The quantitative estimate of drug-likeness (QED) is 0.680. The molecule has 0 saturated carbocycles. The zero-order valence-electron chi connectivity index (χ0n) is 13.2. The Hall–Kier alpha value is -1.43. The van der Waals surface area contributed by atoms with Crippen molar-refractivity contribution in [2.75, 3.05) is 25.5 Å². The Morgan fingerprint density at radius 2 is 1.95 bits per heavy atom. The molecule has 21 heavy (non-hydrogen) atoms. The van der Waals surface area contributed by atoms with Crippen molar-refractivity contribution < 1.29 is 9.90 Å². The Morgan fingerprint density at radius 3 is 2.48 bits per heavy atom. The zero-order valence-corrected chi connectivity index (χ0v) is 13.2. The molecule has 5 heteroatoms. The number of nitrogens with two attached hydrogens (primary N) is 1. The van der Waals surface area contributed by atoms with Crippen molar-refractivity contribution in [2.45, 2.75) is 38.8 Å². The molecule has 1 aromatic carbocycles. The minimum Gasteiger partial charge on any atom is -0.394 e. The number of benzene rings is 1. The van der Waals surface area contributed by atoms with E-state index in [1.54, 1.807) is 0 Å². The van der Waals surface area contributed by atoms with E-state index < -0.39 is 0 Å². The number of nitrogens with zero attached hydrogens (tertiary/aromatic N) is 1. The van der Waals surface area contributed by atoms with Crippen LogP contribution in [0.15, 0.2) is 24.3 Å². The highest BCUT2D eigenvalue weighted by Gasteiger charge is 2.21. The molecule has 0 atom stereocenters. The molecule has 0 radical (unpaired) electrons. The second kappa shape index (κ2) is 8.12. The van der Waals surface area contributed by atoms with Gasteiger partial charge in [-0.1, -0.05) is 12.1 Å². The van der Waals surface area contributed by atoms with Crippen LogP contribution in [0.5, 0.6) is 0 Å². The van der Waals surface area contributed by atoms with Crippen molar-refractivity contribution in [3.05, 3.63) is 29.8 Å². The Labute approximate surface area is 127 Å². The number of aliphatic hydroxyl groups excluding tert-OH is 1. The van der Waals surface area contributed by atoms with Crippen LogP contribution in [0.1, 0.15) is 32.3 Å². The van der Waals surface area contributed by atoms with Crippen LogP contribution in [-0.2, 0) is 11.3 Å². The molecular formula is C16H27N3O2. The summed E-state index contributed by atoms with van der Waals surface area (Å²) in [5, 5.41) is 12.2. The van der Waals surface area contributed by atoms with Crippen LogP contribution in [0, 0.1) is 0 Å². The van der Waals surface area contributed by atoms with E-state index in [2.05, 4.69) is 10.2 Å². The first-order valence-corrected chi connectivity index (χ1v) is 7.30. The van der Waals surface area contributed by atoms with Crippen molar-refractivity contribution in [3.63, 3.8) is 0 Å². The molecule has 1 rings (SSSR count). The van der Waals surface area contributed by atoms with E-state index in [1.165, 1.54) is 0 Å². The first-order chi connectivity index (χ1) is 9.89. The average molecular weight is 293 g/mol. The second-order valence-electron chi connectivity index (χ2n) is 5.94. The number of rotatable bonds is 8. The summed E-state index contributed by atoms with van der Waals surface area (Å²) in [6.07, 6.45) is 1.22. The van der Waals surface area contributed by atoms with Gasteiger partial charge >= 0.3 is 0 Å². The molecular weight excluding hydrogens is 266 g/mol. The molecule has 0 aliphatic heterocycles. The van der Waals surface area contributed by atoms with E-state index >= 15 is 0 Å². The molecule has 118 valence electrons. The topological polar surface area (TPSA) is 78.6 Å². The van der Waals surface area contributed by atoms with Crippen molar-refractivity contribution >= 4 is 11.6 Å². The van der Waals surface area contributed by atoms with Crippen LogP contribution in [0.4, 0.5) is 5.69 Å². The smallest absolute Gasteiger partial charge is 0.224 e. The van der Waals surface area contributed by atoms with Crippen LogP contribution in [0.2, 0.25) is 0 Å². The van der Waals surface area contributed by atoms with E-state index in [4.69, 9.17) is 5.73 Å². The van der Waals surface area contributed by atoms with Crippen LogP contribution in [0.25, 0.3) is 0 Å². The molecule has 0 saturated heterocycles. The summed E-state index contributed by atoms with van der Waals surface area (Å²) in [7, 11) is 1.96. The lowest BCUT2D eigenvalue weighted by Gasteiger charge is -2.33. The van der Waals surface area contributed by atoms with E-state index in [0.29, 0.717) is 13.0 Å². The van der Waals surface area contributed by atoms with Gasteiger partial charge in [0.05, 0.1) is 6.61 Å². The summed E-state index contributed by atoms with van der Waals surface area (Å²) in [5.74, 6) is 0.00528. The van der Waals surface area contributed by atoms with Crippen molar-refractivity contribution in [1.82, 2.24) is 4.90 Å². The van der Waals surface area contributed by atoms with Crippen molar-refractivity contribution in [1.29, 1.82) is 0 Å². The molecule has 5 nitrogen and oxygen atoms in total. The normalized spacial score (nSPS) is 11.7. The minimum absolute atomic E-state index is 0.00528. The molecule has 0 aliphatic carbocycles. The largest absolute Gasteiger partial charge is 0.394 e. The highest BCUT2D eigenvalue weighted by atomic mass is 16.3. The molecule has 4 N–H and O–H groups in total. The molecule has 0 aliphatic rings. The number of hydrogen-bond acceptors (Lipinski definition) is 4. The maximum atomic E-state index is 11.9. The van der Waals surface area contributed by atoms with Gasteiger partial charge in [-0.15, -0.1) is 0 Å². The molecule has 0 unspecified atom stereocenters. The van der Waals surface area contributed by atoms with Gasteiger partial charge in [0.25, 0.3) is 0 Å². The number of nitrogens with one attached hydrogen (secondary N) is 1. The first-order valence-electron chi connectivity index (χ1n) is 7.30. The fourth-order valence-electron chi connectivity index (χ4n) is 1.85. The number of amides is 1. The fraction of sp³-hybridized carbons (Fsp3) is 0.562. The molecule has 0 heterocycles. The van der Waals surface area contributed by atoms with Gasteiger partial charge in [0, 0.05) is 24.2 Å². The Morgan fingerprint density at radius 1 is 1.33 bits per heavy atom. The minimum atomic E-state index is -0.255. The van der Waals surface area contributed by atoms with Gasteiger partial charge in [-0.25, -0.2) is 0 Å². The molecule has 0 spiro atoms. The number of anilines is 1. The highest BCUT2D eigenvalue weighted by Crippen LogP contribution is 2.13. The summed E-state index contributed by atoms with van der Waals surface area (Å²) in [5.41, 5.74) is 7.11. The summed E-state index contributed by atoms with van der Waals surface area (Å²) < 4.78 is 0. The maximum absolute atomic E-state index is 11.9. The zero-order chi connectivity index (χ0) is 15.9. The van der Waals surface area contributed by atoms with Gasteiger partial charge in [0.2, 0.25) is 5.91 Å². The SMILES string of the molecule is CN(CCCC(=O)Nc1ccc(CN)cc1)C(C)(C)CO. The van der Waals surface area contributed by atoms with E-state index in [0.717, 1.165) is 24.2 Å². The van der Waals surface area contributed by atoms with Crippen molar-refractivity contribution in [3.8, 4) is 0 Å². The maximum Gasteiger partial charge on any atom is 0.224 e. The lowest BCUT2D eigenvalue weighted by atomic mass is 10.0. The lowest BCUT2D eigenvalue weighted by Crippen LogP contribution is -2.44. The van der Waals surface area contributed by atoms with E-state index in [-0.39, 0.29) is 18.1 Å². The molecule has 0 bridgehead atoms. The summed E-state index contributed by atoms with van der Waals surface area (Å²) >= 11 is 0. The van der Waals surface area contributed by atoms with Gasteiger partial charge in [0.1, 0.15) is 0 Å². The van der Waals surface area contributed by atoms with Crippen LogP contribution in [0.3, 0.4) is 0 Å². The number of aliphatic hydroxyl groups is 1. The van der Waals surface area contributed by atoms with Gasteiger partial charge in [-0.2, -0.15) is 0 Å². The van der Waals surface area contributed by atoms with Crippen molar-refractivity contribution in [2.24, 2.45) is 5.73 Å². The Balaban J connectivity index is 2.34. The van der Waals surface area contributed by atoms with Gasteiger partial charge in [-0.3, -0.25) is 9.69 Å². The van der Waals surface area contributed by atoms with Gasteiger partial charge in [0.15, 0.2) is 0 Å². The monoisotopic (exact) mass is 293 g/mol. The predicted molar refractivity (Wildman–Crippen MR) is 86.0 cm³/mol. The molecule has 1 amide bonds. The summed E-state index contributed by atoms with van der Waals surface area (Å²) in [6.45, 7) is 5.33. The number of carbonyl (C=O) groups is 1. The fourth-order valence-corrected chi connectivity index (χ4v) is 1.85. The van der Waals surface area contributed by atoms with Gasteiger partial charge in [-0.05, 0) is 51.6 Å².